The monoisotopic (exact) mass is 383 g/mol. The Morgan fingerprint density at radius 1 is 0.467 bits per heavy atom. The number of furan rings is 1. The molecular weight excluding hydrogens is 366 g/mol. The second-order valence-electron chi connectivity index (χ2n) is 7.79. The zero-order chi connectivity index (χ0) is 19.7. The average Bonchev–Trinajstić information content (AvgIpc) is 3.35. The summed E-state index contributed by atoms with van der Waals surface area (Å²) in [5, 5.41) is 7.08. The van der Waals surface area contributed by atoms with Gasteiger partial charge in [0.05, 0.1) is 16.4 Å². The maximum absolute atomic E-state index is 6.62. The van der Waals surface area contributed by atoms with E-state index in [1.807, 2.05) is 0 Å². The minimum atomic E-state index is 0.963. The van der Waals surface area contributed by atoms with Crippen LogP contribution >= 0.6 is 0 Å². The van der Waals surface area contributed by atoms with E-state index in [9.17, 15) is 0 Å². The molecule has 7 aromatic rings. The van der Waals surface area contributed by atoms with Crippen LogP contribution in [0.1, 0.15) is 0 Å². The van der Waals surface area contributed by atoms with Crippen LogP contribution in [0.4, 0.5) is 0 Å². The predicted octanol–water partition coefficient (Wildman–Crippen LogP) is 7.84. The van der Waals surface area contributed by atoms with Crippen molar-refractivity contribution in [2.75, 3.05) is 0 Å². The van der Waals surface area contributed by atoms with Crippen LogP contribution in [-0.2, 0) is 0 Å². The summed E-state index contributed by atoms with van der Waals surface area (Å²) in [6.07, 6.45) is 0. The summed E-state index contributed by atoms with van der Waals surface area (Å²) in [6.45, 7) is 0. The van der Waals surface area contributed by atoms with Crippen LogP contribution in [-0.4, -0.2) is 4.57 Å². The molecule has 2 heterocycles. The third-order valence-electron chi connectivity index (χ3n) is 6.18. The third-order valence-corrected chi connectivity index (χ3v) is 6.18. The van der Waals surface area contributed by atoms with Gasteiger partial charge < -0.3 is 8.98 Å². The fraction of sp³-hybridized carbons (Fsp3) is 0. The van der Waals surface area contributed by atoms with Crippen molar-refractivity contribution >= 4 is 54.5 Å². The average molecular weight is 383 g/mol. The maximum atomic E-state index is 6.62. The second-order valence-corrected chi connectivity index (χ2v) is 7.79. The summed E-state index contributed by atoms with van der Waals surface area (Å²) in [5.74, 6) is 0. The molecule has 0 amide bonds. The molecule has 0 aliphatic carbocycles. The molecule has 0 radical (unpaired) electrons. The summed E-state index contributed by atoms with van der Waals surface area (Å²) >= 11 is 0. The van der Waals surface area contributed by atoms with Crippen LogP contribution in [0.15, 0.2) is 108 Å². The first-order valence-corrected chi connectivity index (χ1v) is 10.2. The van der Waals surface area contributed by atoms with Crippen LogP contribution in [0.2, 0.25) is 0 Å². The van der Waals surface area contributed by atoms with E-state index in [4.69, 9.17) is 4.42 Å². The molecule has 0 bridgehead atoms. The van der Waals surface area contributed by atoms with Crippen molar-refractivity contribution in [1.82, 2.24) is 4.57 Å². The van der Waals surface area contributed by atoms with Crippen LogP contribution in [0.3, 0.4) is 0 Å². The lowest BCUT2D eigenvalue weighted by Gasteiger charge is -2.07. The van der Waals surface area contributed by atoms with E-state index in [1.165, 1.54) is 38.0 Å². The lowest BCUT2D eigenvalue weighted by atomic mass is 10.0. The van der Waals surface area contributed by atoms with E-state index in [0.717, 1.165) is 22.2 Å². The third kappa shape index (κ3) is 1.98. The van der Waals surface area contributed by atoms with Gasteiger partial charge in [-0.25, -0.2) is 0 Å². The van der Waals surface area contributed by atoms with Gasteiger partial charge in [-0.15, -0.1) is 0 Å². The SMILES string of the molecule is c1ccc(-n2c3ccccc3c3c4oc5c6ccccc6ccc5c4ccc32)cc1. The Hall–Kier alpha value is -4.04. The van der Waals surface area contributed by atoms with Gasteiger partial charge in [-0.05, 0) is 41.8 Å². The molecule has 0 fully saturated rings. The van der Waals surface area contributed by atoms with Crippen LogP contribution in [0.5, 0.6) is 0 Å². The number of hydrogen-bond acceptors (Lipinski definition) is 1. The fourth-order valence-electron chi connectivity index (χ4n) is 4.87. The fourth-order valence-corrected chi connectivity index (χ4v) is 4.87. The largest absolute Gasteiger partial charge is 0.455 e. The van der Waals surface area contributed by atoms with E-state index in [-0.39, 0.29) is 0 Å². The minimum Gasteiger partial charge on any atom is -0.455 e. The van der Waals surface area contributed by atoms with E-state index in [1.54, 1.807) is 0 Å². The number of rotatable bonds is 1. The van der Waals surface area contributed by atoms with E-state index < -0.39 is 0 Å². The molecule has 30 heavy (non-hydrogen) atoms. The maximum Gasteiger partial charge on any atom is 0.145 e. The van der Waals surface area contributed by atoms with Gasteiger partial charge in [0.1, 0.15) is 11.2 Å². The first kappa shape index (κ1) is 15.8. The van der Waals surface area contributed by atoms with Gasteiger partial charge in [0.25, 0.3) is 0 Å². The number of benzene rings is 5. The first-order chi connectivity index (χ1) is 14.9. The molecule has 140 valence electrons. The zero-order valence-corrected chi connectivity index (χ0v) is 16.2. The number of fused-ring (bicyclic) bond motifs is 9. The summed E-state index contributed by atoms with van der Waals surface area (Å²) in [5.41, 5.74) is 5.44. The summed E-state index contributed by atoms with van der Waals surface area (Å²) < 4.78 is 8.95. The standard InChI is InChI=1S/C28H17NO/c1-2-9-19(10-3-1)29-24-13-7-6-12-23(24)26-25(29)17-16-22-21-15-14-18-8-4-5-11-20(18)27(21)30-28(22)26/h1-17H. The molecule has 0 unspecified atom stereocenters. The quantitative estimate of drug-likeness (QED) is 0.282. The van der Waals surface area contributed by atoms with Gasteiger partial charge in [0.15, 0.2) is 0 Å². The number of aromatic nitrogens is 1. The number of para-hydroxylation sites is 2. The lowest BCUT2D eigenvalue weighted by molar-refractivity contribution is 0.676. The molecular formula is C28H17NO. The highest BCUT2D eigenvalue weighted by Gasteiger charge is 2.18. The molecule has 2 aromatic heterocycles. The summed E-state index contributed by atoms with van der Waals surface area (Å²) in [6, 6.07) is 36.4. The minimum absolute atomic E-state index is 0.963. The van der Waals surface area contributed by atoms with Gasteiger partial charge in [-0.1, -0.05) is 66.7 Å². The molecule has 0 saturated carbocycles. The second kappa shape index (κ2) is 5.74. The molecule has 0 aliphatic heterocycles. The first-order valence-electron chi connectivity index (χ1n) is 10.2. The Morgan fingerprint density at radius 3 is 2.07 bits per heavy atom. The Labute approximate surface area is 172 Å². The Morgan fingerprint density at radius 2 is 1.17 bits per heavy atom. The van der Waals surface area contributed by atoms with E-state index >= 15 is 0 Å². The molecule has 2 heteroatoms. The molecule has 7 rings (SSSR count). The highest BCUT2D eigenvalue weighted by molar-refractivity contribution is 6.25. The van der Waals surface area contributed by atoms with E-state index in [0.29, 0.717) is 0 Å². The van der Waals surface area contributed by atoms with Crippen molar-refractivity contribution in [3.05, 3.63) is 103 Å². The Bertz CT molecular complexity index is 1740. The van der Waals surface area contributed by atoms with Crippen molar-refractivity contribution in [2.45, 2.75) is 0 Å². The van der Waals surface area contributed by atoms with Crippen LogP contribution in [0.25, 0.3) is 60.2 Å². The van der Waals surface area contributed by atoms with Crippen molar-refractivity contribution in [3.63, 3.8) is 0 Å². The molecule has 0 spiro atoms. The van der Waals surface area contributed by atoms with E-state index in [2.05, 4.69) is 108 Å². The lowest BCUT2D eigenvalue weighted by Crippen LogP contribution is -1.92. The summed E-state index contributed by atoms with van der Waals surface area (Å²) in [4.78, 5) is 0. The molecule has 0 aliphatic rings. The van der Waals surface area contributed by atoms with Crippen molar-refractivity contribution in [2.24, 2.45) is 0 Å². The van der Waals surface area contributed by atoms with Crippen molar-refractivity contribution in [1.29, 1.82) is 0 Å². The van der Waals surface area contributed by atoms with Crippen LogP contribution in [0, 0.1) is 0 Å². The summed E-state index contributed by atoms with van der Waals surface area (Å²) in [7, 11) is 0. The van der Waals surface area contributed by atoms with Gasteiger partial charge in [0.2, 0.25) is 0 Å². The van der Waals surface area contributed by atoms with Gasteiger partial charge in [-0.2, -0.15) is 0 Å². The molecule has 2 nitrogen and oxygen atoms in total. The van der Waals surface area contributed by atoms with Gasteiger partial charge >= 0.3 is 0 Å². The van der Waals surface area contributed by atoms with Gasteiger partial charge in [-0.3, -0.25) is 0 Å². The predicted molar refractivity (Wildman–Crippen MR) is 126 cm³/mol. The Balaban J connectivity index is 1.72. The molecule has 0 saturated heterocycles. The smallest absolute Gasteiger partial charge is 0.145 e. The topological polar surface area (TPSA) is 18.1 Å². The molecule has 0 N–H and O–H groups in total. The molecule has 5 aromatic carbocycles. The van der Waals surface area contributed by atoms with Crippen LogP contribution < -0.4 is 0 Å². The highest BCUT2D eigenvalue weighted by Crippen LogP contribution is 2.41. The van der Waals surface area contributed by atoms with Crippen molar-refractivity contribution < 1.29 is 4.42 Å². The van der Waals surface area contributed by atoms with Crippen molar-refractivity contribution in [3.8, 4) is 5.69 Å². The Kier molecular flexibility index (Phi) is 3.03. The normalized spacial score (nSPS) is 12.0. The number of nitrogens with zero attached hydrogens (tertiary/aromatic N) is 1. The zero-order valence-electron chi connectivity index (χ0n) is 16.2. The number of hydrogen-bond donors (Lipinski definition) is 0. The highest BCUT2D eigenvalue weighted by atomic mass is 16.3. The molecule has 0 atom stereocenters. The van der Waals surface area contributed by atoms with Gasteiger partial charge in [0, 0.05) is 27.2 Å².